The number of esters is 1. The molecule has 0 saturated carbocycles. The summed E-state index contributed by atoms with van der Waals surface area (Å²) in [5, 5.41) is 0. The van der Waals surface area contributed by atoms with E-state index in [1.54, 1.807) is 6.08 Å². The number of aryl methyl sites for hydroxylation is 1. The molecular formula is C17H18BrNO3S. The first-order valence-electron chi connectivity index (χ1n) is 7.22. The number of hydrogen-bond donors (Lipinski definition) is 0. The molecular weight excluding hydrogens is 378 g/mol. The molecule has 0 aliphatic carbocycles. The highest BCUT2D eigenvalue weighted by atomic mass is 79.9. The van der Waals surface area contributed by atoms with E-state index in [0.29, 0.717) is 5.56 Å². The molecule has 2 aromatic heterocycles. The van der Waals surface area contributed by atoms with Gasteiger partial charge < -0.3 is 9.30 Å². The topological polar surface area (TPSA) is 48.3 Å². The maximum Gasteiger partial charge on any atom is 0.331 e. The Morgan fingerprint density at radius 2 is 2.09 bits per heavy atom. The molecule has 0 aliphatic heterocycles. The number of Topliss-reactive ketones (excluding diaryl/α,β-unsaturated/α-hetero) is 1. The molecule has 0 atom stereocenters. The zero-order chi connectivity index (χ0) is 17.0. The van der Waals surface area contributed by atoms with Gasteiger partial charge in [-0.25, -0.2) is 4.79 Å². The first-order chi connectivity index (χ1) is 10.9. The number of carbonyl (C=O) groups is 2. The third-order valence-electron chi connectivity index (χ3n) is 3.51. The molecule has 0 aliphatic rings. The van der Waals surface area contributed by atoms with Crippen molar-refractivity contribution in [1.82, 2.24) is 4.57 Å². The summed E-state index contributed by atoms with van der Waals surface area (Å²) in [6.45, 7) is 6.46. The van der Waals surface area contributed by atoms with Crippen molar-refractivity contribution in [3.05, 3.63) is 49.9 Å². The molecule has 0 fully saturated rings. The first-order valence-corrected chi connectivity index (χ1v) is 8.83. The van der Waals surface area contributed by atoms with Crippen LogP contribution < -0.4 is 0 Å². The van der Waals surface area contributed by atoms with Crippen molar-refractivity contribution >= 4 is 45.1 Å². The highest BCUT2D eigenvalue weighted by Crippen LogP contribution is 2.23. The minimum absolute atomic E-state index is 0.182. The number of thiophene rings is 1. The summed E-state index contributed by atoms with van der Waals surface area (Å²) in [6, 6.07) is 5.64. The molecule has 2 heterocycles. The van der Waals surface area contributed by atoms with Crippen molar-refractivity contribution in [2.24, 2.45) is 0 Å². The van der Waals surface area contributed by atoms with Gasteiger partial charge in [0.2, 0.25) is 5.78 Å². The second-order valence-corrected chi connectivity index (χ2v) is 7.53. The lowest BCUT2D eigenvalue weighted by atomic mass is 10.1. The van der Waals surface area contributed by atoms with Crippen molar-refractivity contribution in [2.45, 2.75) is 27.3 Å². The summed E-state index contributed by atoms with van der Waals surface area (Å²) in [7, 11) is 0. The van der Waals surface area contributed by atoms with Crippen molar-refractivity contribution in [3.8, 4) is 0 Å². The summed E-state index contributed by atoms with van der Waals surface area (Å²) in [5.41, 5.74) is 2.55. The van der Waals surface area contributed by atoms with E-state index >= 15 is 0 Å². The second kappa shape index (κ2) is 7.75. The molecule has 0 amide bonds. The predicted molar refractivity (Wildman–Crippen MR) is 95.9 cm³/mol. The number of ketones is 1. The van der Waals surface area contributed by atoms with Crippen LogP contribution in [0.4, 0.5) is 0 Å². The summed E-state index contributed by atoms with van der Waals surface area (Å²) < 4.78 is 8.08. The van der Waals surface area contributed by atoms with Crippen LogP contribution in [0.1, 0.15) is 33.5 Å². The summed E-state index contributed by atoms with van der Waals surface area (Å²) >= 11 is 4.87. The Morgan fingerprint density at radius 3 is 2.65 bits per heavy atom. The van der Waals surface area contributed by atoms with Gasteiger partial charge in [-0.05, 0) is 61.0 Å². The molecule has 2 rings (SSSR count). The van der Waals surface area contributed by atoms with Gasteiger partial charge in [0.1, 0.15) is 0 Å². The molecule has 0 unspecified atom stereocenters. The lowest BCUT2D eigenvalue weighted by molar-refractivity contribution is -0.136. The van der Waals surface area contributed by atoms with Crippen LogP contribution >= 0.6 is 27.3 Å². The third kappa shape index (κ3) is 4.42. The van der Waals surface area contributed by atoms with E-state index in [1.165, 1.54) is 17.4 Å². The summed E-state index contributed by atoms with van der Waals surface area (Å²) in [5.74, 6) is -0.703. The number of rotatable bonds is 6. The molecule has 0 radical (unpaired) electrons. The van der Waals surface area contributed by atoms with Crippen molar-refractivity contribution < 1.29 is 14.3 Å². The van der Waals surface area contributed by atoms with Crippen LogP contribution in [-0.4, -0.2) is 22.9 Å². The molecule has 0 N–H and O–H groups in total. The van der Waals surface area contributed by atoms with Crippen LogP contribution in [0.25, 0.3) is 6.08 Å². The van der Waals surface area contributed by atoms with Gasteiger partial charge in [0.05, 0.1) is 3.79 Å². The van der Waals surface area contributed by atoms with E-state index < -0.39 is 5.97 Å². The maximum atomic E-state index is 12.2. The molecule has 122 valence electrons. The predicted octanol–water partition coefficient (Wildman–Crippen LogP) is 4.39. The monoisotopic (exact) mass is 395 g/mol. The fraction of sp³-hybridized carbons (Fsp3) is 0.294. The number of nitrogens with zero attached hydrogens (tertiary/aromatic N) is 1. The van der Waals surface area contributed by atoms with Gasteiger partial charge in [0.25, 0.3) is 0 Å². The van der Waals surface area contributed by atoms with E-state index in [-0.39, 0.29) is 12.4 Å². The maximum absolute atomic E-state index is 12.2. The number of ether oxygens (including phenoxy) is 1. The average Bonchev–Trinajstić information content (AvgIpc) is 3.05. The van der Waals surface area contributed by atoms with E-state index in [9.17, 15) is 9.59 Å². The SMILES string of the molecule is CCn1c(C)cc(C(=O)COC(=O)/C=C/c2ccc(Br)s2)c1C. The van der Waals surface area contributed by atoms with Crippen LogP contribution in [0.15, 0.2) is 28.1 Å². The zero-order valence-corrected chi connectivity index (χ0v) is 15.7. The van der Waals surface area contributed by atoms with E-state index in [0.717, 1.165) is 26.6 Å². The molecule has 2 aromatic rings. The third-order valence-corrected chi connectivity index (χ3v) is 5.10. The largest absolute Gasteiger partial charge is 0.454 e. The number of carbonyl (C=O) groups excluding carboxylic acids is 2. The fourth-order valence-corrected chi connectivity index (χ4v) is 3.73. The van der Waals surface area contributed by atoms with Gasteiger partial charge in [-0.1, -0.05) is 0 Å². The van der Waals surface area contributed by atoms with E-state index in [4.69, 9.17) is 4.74 Å². The summed E-state index contributed by atoms with van der Waals surface area (Å²) in [6.07, 6.45) is 3.01. The van der Waals surface area contributed by atoms with Crippen molar-refractivity contribution in [2.75, 3.05) is 6.61 Å². The van der Waals surface area contributed by atoms with Crippen molar-refractivity contribution in [1.29, 1.82) is 0 Å². The normalized spacial score (nSPS) is 11.1. The summed E-state index contributed by atoms with van der Waals surface area (Å²) in [4.78, 5) is 24.8. The Hall–Kier alpha value is -1.66. The van der Waals surface area contributed by atoms with E-state index in [1.807, 2.05) is 39.0 Å². The Morgan fingerprint density at radius 1 is 1.35 bits per heavy atom. The smallest absolute Gasteiger partial charge is 0.331 e. The van der Waals surface area contributed by atoms with Crippen LogP contribution in [0.5, 0.6) is 0 Å². The van der Waals surface area contributed by atoms with Gasteiger partial charge in [0, 0.05) is 34.4 Å². The lowest BCUT2D eigenvalue weighted by Crippen LogP contribution is -2.13. The van der Waals surface area contributed by atoms with Gasteiger partial charge in [-0.2, -0.15) is 0 Å². The Kier molecular flexibility index (Phi) is 5.96. The molecule has 4 nitrogen and oxygen atoms in total. The van der Waals surface area contributed by atoms with Crippen LogP contribution in [0.3, 0.4) is 0 Å². The van der Waals surface area contributed by atoms with Crippen LogP contribution in [0.2, 0.25) is 0 Å². The van der Waals surface area contributed by atoms with E-state index in [2.05, 4.69) is 20.5 Å². The molecule has 0 spiro atoms. The first kappa shape index (κ1) is 17.7. The fourth-order valence-electron chi connectivity index (χ4n) is 2.40. The zero-order valence-electron chi connectivity index (χ0n) is 13.3. The quantitative estimate of drug-likeness (QED) is 0.414. The Balaban J connectivity index is 1.94. The highest BCUT2D eigenvalue weighted by Gasteiger charge is 2.16. The van der Waals surface area contributed by atoms with Gasteiger partial charge >= 0.3 is 5.97 Å². The molecule has 0 aromatic carbocycles. The molecule has 0 saturated heterocycles. The molecule has 0 bridgehead atoms. The minimum Gasteiger partial charge on any atom is -0.454 e. The average molecular weight is 396 g/mol. The van der Waals surface area contributed by atoms with Gasteiger partial charge in [-0.15, -0.1) is 11.3 Å². The Labute approximate surface area is 147 Å². The Bertz CT molecular complexity index is 758. The minimum atomic E-state index is -0.521. The van der Waals surface area contributed by atoms with Crippen LogP contribution in [-0.2, 0) is 16.1 Å². The van der Waals surface area contributed by atoms with Crippen molar-refractivity contribution in [3.63, 3.8) is 0 Å². The lowest BCUT2D eigenvalue weighted by Gasteiger charge is -2.05. The van der Waals surface area contributed by atoms with Gasteiger partial charge in [0.15, 0.2) is 6.61 Å². The number of halogens is 1. The molecule has 23 heavy (non-hydrogen) atoms. The number of hydrogen-bond acceptors (Lipinski definition) is 4. The van der Waals surface area contributed by atoms with Gasteiger partial charge in [-0.3, -0.25) is 4.79 Å². The second-order valence-electron chi connectivity index (χ2n) is 5.04. The number of aromatic nitrogens is 1. The standard InChI is InChI=1S/C17H18BrNO3S/c1-4-19-11(2)9-14(12(19)3)15(20)10-22-17(21)8-6-13-5-7-16(18)23-13/h5-9H,4,10H2,1-3H3/b8-6+. The highest BCUT2D eigenvalue weighted by molar-refractivity contribution is 9.11. The molecule has 6 heteroatoms. The van der Waals surface area contributed by atoms with Crippen LogP contribution in [0, 0.1) is 13.8 Å².